The van der Waals surface area contributed by atoms with Gasteiger partial charge in [-0.3, -0.25) is 4.79 Å². The summed E-state index contributed by atoms with van der Waals surface area (Å²) in [4.78, 5) is 31.6. The summed E-state index contributed by atoms with van der Waals surface area (Å²) < 4.78 is 0. The van der Waals surface area contributed by atoms with Gasteiger partial charge in [-0.2, -0.15) is 12.6 Å². The lowest BCUT2D eigenvalue weighted by Gasteiger charge is -2.39. The van der Waals surface area contributed by atoms with Crippen molar-refractivity contribution in [3.8, 4) is 0 Å². The van der Waals surface area contributed by atoms with Gasteiger partial charge in [0.1, 0.15) is 6.04 Å². The lowest BCUT2D eigenvalue weighted by atomic mass is 10.0. The molecule has 0 bridgehead atoms. The van der Waals surface area contributed by atoms with Gasteiger partial charge >= 0.3 is 5.97 Å². The van der Waals surface area contributed by atoms with Gasteiger partial charge < -0.3 is 15.0 Å². The van der Waals surface area contributed by atoms with Gasteiger partial charge in [-0.15, -0.1) is 0 Å². The number of nitrogens with zero attached hydrogens (tertiary/aromatic N) is 2. The third kappa shape index (κ3) is 3.99. The summed E-state index contributed by atoms with van der Waals surface area (Å²) in [6.45, 7) is 5.41. The average molecular weight is 285 g/mol. The number of nitrogens with one attached hydrogen (secondary N) is 1. The van der Waals surface area contributed by atoms with Gasteiger partial charge in [-0.25, -0.2) is 9.78 Å². The number of hydrogen-bond donors (Lipinski definition) is 3. The van der Waals surface area contributed by atoms with Crippen LogP contribution in [0.5, 0.6) is 0 Å². The smallest absolute Gasteiger partial charge is 0.327 e. The first kappa shape index (κ1) is 15.6. The van der Waals surface area contributed by atoms with Gasteiger partial charge in [0.25, 0.3) is 0 Å². The molecule has 0 aliphatic rings. The molecule has 0 aromatic carbocycles. The van der Waals surface area contributed by atoms with Crippen LogP contribution < -0.4 is 0 Å². The molecule has 106 valence electrons. The third-order valence-corrected chi connectivity index (χ3v) is 3.00. The summed E-state index contributed by atoms with van der Waals surface area (Å²) in [6.07, 6.45) is 3.13. The fourth-order valence-corrected chi connectivity index (χ4v) is 2.23. The quantitative estimate of drug-likeness (QED) is 0.703. The Bertz CT molecular complexity index is 440. The Labute approximate surface area is 117 Å². The van der Waals surface area contributed by atoms with Crippen LogP contribution in [0.15, 0.2) is 12.5 Å². The van der Waals surface area contributed by atoms with Crippen molar-refractivity contribution in [1.29, 1.82) is 0 Å². The normalized spacial score (nSPS) is 13.1. The van der Waals surface area contributed by atoms with Crippen LogP contribution in [-0.2, 0) is 16.0 Å². The number of carboxylic acid groups (broad SMARTS) is 1. The molecule has 0 fully saturated rings. The minimum absolute atomic E-state index is 0.0708. The number of imidazole rings is 1. The fraction of sp³-hybridized carbons (Fsp3) is 0.583. The number of aliphatic carboxylic acids is 1. The van der Waals surface area contributed by atoms with E-state index in [0.717, 1.165) is 0 Å². The van der Waals surface area contributed by atoms with Gasteiger partial charge in [0, 0.05) is 23.2 Å². The third-order valence-electron chi connectivity index (χ3n) is 2.66. The molecule has 0 spiro atoms. The number of rotatable bonds is 5. The van der Waals surface area contributed by atoms with Crippen LogP contribution in [0.1, 0.15) is 26.5 Å². The van der Waals surface area contributed by atoms with Crippen LogP contribution in [-0.4, -0.2) is 49.2 Å². The van der Waals surface area contributed by atoms with Crippen molar-refractivity contribution in [2.45, 2.75) is 38.8 Å². The first-order valence-corrected chi connectivity index (χ1v) is 6.53. The van der Waals surface area contributed by atoms with Crippen LogP contribution in [0.2, 0.25) is 0 Å². The predicted octanol–water partition coefficient (Wildman–Crippen LogP) is 0.962. The lowest BCUT2D eigenvalue weighted by Crippen LogP contribution is -2.56. The maximum Gasteiger partial charge on any atom is 0.327 e. The number of hydrogen-bond acceptors (Lipinski definition) is 4. The Morgan fingerprint density at radius 2 is 2.16 bits per heavy atom. The molecule has 7 heteroatoms. The number of thiol groups is 1. The highest BCUT2D eigenvalue weighted by Crippen LogP contribution is 2.20. The Hall–Kier alpha value is -1.50. The fourth-order valence-electron chi connectivity index (χ4n) is 1.92. The number of H-pyrrole nitrogens is 1. The number of amides is 1. The van der Waals surface area contributed by atoms with E-state index in [-0.39, 0.29) is 18.1 Å². The molecule has 0 saturated heterocycles. The zero-order valence-electron chi connectivity index (χ0n) is 11.3. The van der Waals surface area contributed by atoms with E-state index >= 15 is 0 Å². The second-order valence-corrected chi connectivity index (χ2v) is 5.59. The SMILES string of the molecule is CC(C)(C)N(C(=O)Cc1cnc[nH]1)[C@@H](CS)C(=O)O. The molecular formula is C12H19N3O3S. The Morgan fingerprint density at radius 1 is 1.53 bits per heavy atom. The molecule has 1 aromatic heterocycles. The van der Waals surface area contributed by atoms with Crippen molar-refractivity contribution in [3.63, 3.8) is 0 Å². The minimum atomic E-state index is -1.05. The number of carboxylic acids is 1. The Kier molecular flexibility index (Phi) is 4.99. The average Bonchev–Trinajstić information content (AvgIpc) is 2.75. The highest BCUT2D eigenvalue weighted by Gasteiger charge is 2.36. The number of aromatic amines is 1. The maximum absolute atomic E-state index is 12.3. The Balaban J connectivity index is 2.97. The van der Waals surface area contributed by atoms with Gasteiger partial charge in [0.2, 0.25) is 5.91 Å². The summed E-state index contributed by atoms with van der Waals surface area (Å²) in [6, 6.07) is -0.946. The molecule has 1 rings (SSSR count). The number of carbonyl (C=O) groups is 2. The van der Waals surface area contributed by atoms with E-state index < -0.39 is 17.6 Å². The highest BCUT2D eigenvalue weighted by atomic mass is 32.1. The van der Waals surface area contributed by atoms with E-state index in [0.29, 0.717) is 5.69 Å². The second kappa shape index (κ2) is 6.10. The van der Waals surface area contributed by atoms with Crippen LogP contribution >= 0.6 is 12.6 Å². The molecule has 0 aliphatic carbocycles. The van der Waals surface area contributed by atoms with Crippen molar-refractivity contribution in [1.82, 2.24) is 14.9 Å². The molecule has 19 heavy (non-hydrogen) atoms. The van der Waals surface area contributed by atoms with E-state index in [1.54, 1.807) is 27.0 Å². The van der Waals surface area contributed by atoms with E-state index in [1.165, 1.54) is 11.2 Å². The van der Waals surface area contributed by atoms with E-state index in [9.17, 15) is 14.7 Å². The molecule has 0 aliphatic heterocycles. The molecular weight excluding hydrogens is 266 g/mol. The lowest BCUT2D eigenvalue weighted by molar-refractivity contribution is -0.153. The molecule has 1 heterocycles. The molecule has 0 saturated carbocycles. The highest BCUT2D eigenvalue weighted by molar-refractivity contribution is 7.80. The molecule has 1 aromatic rings. The minimum Gasteiger partial charge on any atom is -0.480 e. The maximum atomic E-state index is 12.3. The number of carbonyl (C=O) groups excluding carboxylic acids is 1. The largest absolute Gasteiger partial charge is 0.480 e. The van der Waals surface area contributed by atoms with Crippen LogP contribution in [0.4, 0.5) is 0 Å². The van der Waals surface area contributed by atoms with Crippen molar-refractivity contribution in [3.05, 3.63) is 18.2 Å². The van der Waals surface area contributed by atoms with Gasteiger partial charge in [0.05, 0.1) is 12.7 Å². The summed E-state index contributed by atoms with van der Waals surface area (Å²) in [5.41, 5.74) is 0.0608. The van der Waals surface area contributed by atoms with Crippen molar-refractivity contribution >= 4 is 24.5 Å². The first-order valence-electron chi connectivity index (χ1n) is 5.90. The van der Waals surface area contributed by atoms with E-state index in [1.807, 2.05) is 0 Å². The predicted molar refractivity (Wildman–Crippen MR) is 74.2 cm³/mol. The standard InChI is InChI=1S/C12H19N3O3S/c1-12(2,3)15(9(6-19)11(17)18)10(16)4-8-5-13-7-14-8/h5,7,9,19H,4,6H2,1-3H3,(H,13,14)(H,17,18)/t9-/m0/s1. The molecule has 1 amide bonds. The van der Waals surface area contributed by atoms with Crippen molar-refractivity contribution in [2.75, 3.05) is 5.75 Å². The van der Waals surface area contributed by atoms with Gasteiger partial charge in [-0.1, -0.05) is 0 Å². The monoisotopic (exact) mass is 285 g/mol. The van der Waals surface area contributed by atoms with Crippen molar-refractivity contribution < 1.29 is 14.7 Å². The summed E-state index contributed by atoms with van der Waals surface area (Å²) in [5.74, 6) is -1.25. The zero-order chi connectivity index (χ0) is 14.6. The van der Waals surface area contributed by atoms with Crippen LogP contribution in [0.25, 0.3) is 0 Å². The first-order chi connectivity index (χ1) is 8.77. The molecule has 1 atom stereocenters. The summed E-state index contributed by atoms with van der Waals surface area (Å²) in [7, 11) is 0. The van der Waals surface area contributed by atoms with Crippen LogP contribution in [0, 0.1) is 0 Å². The topological polar surface area (TPSA) is 86.3 Å². The van der Waals surface area contributed by atoms with Crippen molar-refractivity contribution in [2.24, 2.45) is 0 Å². The van der Waals surface area contributed by atoms with E-state index in [2.05, 4.69) is 22.6 Å². The summed E-state index contributed by atoms with van der Waals surface area (Å²) >= 11 is 4.04. The number of aromatic nitrogens is 2. The van der Waals surface area contributed by atoms with Gasteiger partial charge in [-0.05, 0) is 20.8 Å². The summed E-state index contributed by atoms with van der Waals surface area (Å²) in [5, 5.41) is 9.22. The van der Waals surface area contributed by atoms with E-state index in [4.69, 9.17) is 0 Å². The molecule has 6 nitrogen and oxygen atoms in total. The second-order valence-electron chi connectivity index (χ2n) is 5.22. The molecule has 0 unspecified atom stereocenters. The molecule has 2 N–H and O–H groups in total. The molecule has 0 radical (unpaired) electrons. The zero-order valence-corrected chi connectivity index (χ0v) is 12.1. The Morgan fingerprint density at radius 3 is 2.53 bits per heavy atom. The van der Waals surface area contributed by atoms with Gasteiger partial charge in [0.15, 0.2) is 0 Å². The van der Waals surface area contributed by atoms with Crippen LogP contribution in [0.3, 0.4) is 0 Å².